The van der Waals surface area contributed by atoms with E-state index in [4.69, 9.17) is 0 Å². The maximum atomic E-state index is 12.7. The Balaban J connectivity index is 2.00. The first-order valence-corrected chi connectivity index (χ1v) is 7.56. The first kappa shape index (κ1) is 16.6. The number of fused-ring (bicyclic) bond motifs is 2. The van der Waals surface area contributed by atoms with Gasteiger partial charge in [-0.25, -0.2) is 0 Å². The number of hydrogen-bond donors (Lipinski definition) is 1. The highest BCUT2D eigenvalue weighted by atomic mass is 16.5. The van der Waals surface area contributed by atoms with Crippen molar-refractivity contribution in [3.05, 3.63) is 70.3 Å². The van der Waals surface area contributed by atoms with Crippen LogP contribution in [0.2, 0.25) is 0 Å². The number of rotatable bonds is 4. The summed E-state index contributed by atoms with van der Waals surface area (Å²) < 4.78 is 4.50. The van der Waals surface area contributed by atoms with Crippen LogP contribution in [0, 0.1) is 5.92 Å². The molecule has 0 heterocycles. The number of methoxy groups -OCH3 is 1. The van der Waals surface area contributed by atoms with Gasteiger partial charge in [0.2, 0.25) is 0 Å². The van der Waals surface area contributed by atoms with Gasteiger partial charge in [-0.2, -0.15) is 0 Å². The lowest BCUT2D eigenvalue weighted by Gasteiger charge is -2.18. The Kier molecular flexibility index (Phi) is 4.19. The minimum atomic E-state index is -1.37. The van der Waals surface area contributed by atoms with Crippen molar-refractivity contribution in [2.75, 3.05) is 7.11 Å². The molecule has 2 aromatic carbocycles. The van der Waals surface area contributed by atoms with Crippen molar-refractivity contribution < 1.29 is 29.0 Å². The van der Waals surface area contributed by atoms with Gasteiger partial charge in [0.1, 0.15) is 0 Å². The highest BCUT2D eigenvalue weighted by molar-refractivity contribution is 6.28. The molecular formula is C19H14O6. The molecule has 0 aromatic heterocycles. The molecule has 6 heteroatoms. The van der Waals surface area contributed by atoms with Gasteiger partial charge < -0.3 is 9.84 Å². The topological polar surface area (TPSA) is 97.7 Å². The smallest absolute Gasteiger partial charge is 0.320 e. The minimum Gasteiger partial charge on any atom is -0.481 e. The van der Waals surface area contributed by atoms with Gasteiger partial charge in [0.25, 0.3) is 0 Å². The standard InChI is InChI=1S/C19H14O6/c1-25-19(24)15(18(22)23)9-10-6-7-13-14(8-10)17(21)12-5-3-2-4-11(12)16(13)20/h2-8,15H,9H2,1H3,(H,22,23). The van der Waals surface area contributed by atoms with E-state index in [-0.39, 0.29) is 29.1 Å². The monoisotopic (exact) mass is 338 g/mol. The summed E-state index contributed by atoms with van der Waals surface area (Å²) in [5, 5.41) is 9.18. The molecule has 1 atom stereocenters. The molecule has 1 aliphatic carbocycles. The predicted molar refractivity (Wildman–Crippen MR) is 86.6 cm³/mol. The van der Waals surface area contributed by atoms with Crippen molar-refractivity contribution in [3.8, 4) is 0 Å². The summed E-state index contributed by atoms with van der Waals surface area (Å²) in [6.07, 6.45) is -0.127. The fourth-order valence-electron chi connectivity index (χ4n) is 2.92. The van der Waals surface area contributed by atoms with Crippen LogP contribution >= 0.6 is 0 Å². The Morgan fingerprint density at radius 2 is 1.52 bits per heavy atom. The summed E-state index contributed by atoms with van der Waals surface area (Å²) in [4.78, 5) is 48.0. The number of ether oxygens (including phenoxy) is 1. The predicted octanol–water partition coefficient (Wildman–Crippen LogP) is 1.88. The van der Waals surface area contributed by atoms with Crippen LogP contribution in [0.3, 0.4) is 0 Å². The van der Waals surface area contributed by atoms with Gasteiger partial charge in [-0.15, -0.1) is 0 Å². The second-order valence-electron chi connectivity index (χ2n) is 5.70. The van der Waals surface area contributed by atoms with Gasteiger partial charge in [-0.3, -0.25) is 19.2 Å². The van der Waals surface area contributed by atoms with Crippen LogP contribution in [-0.4, -0.2) is 35.7 Å². The number of aliphatic carboxylic acids is 1. The first-order valence-electron chi connectivity index (χ1n) is 7.56. The Labute approximate surface area is 143 Å². The van der Waals surface area contributed by atoms with Gasteiger partial charge in [-0.1, -0.05) is 36.4 Å². The van der Waals surface area contributed by atoms with Crippen LogP contribution in [0.15, 0.2) is 42.5 Å². The zero-order chi connectivity index (χ0) is 18.1. The zero-order valence-electron chi connectivity index (χ0n) is 13.3. The number of carbonyl (C=O) groups is 4. The average Bonchev–Trinajstić information content (AvgIpc) is 2.63. The van der Waals surface area contributed by atoms with Crippen LogP contribution in [0.4, 0.5) is 0 Å². The quantitative estimate of drug-likeness (QED) is 0.576. The van der Waals surface area contributed by atoms with E-state index in [0.29, 0.717) is 16.7 Å². The van der Waals surface area contributed by atoms with Crippen LogP contribution in [0.5, 0.6) is 0 Å². The molecule has 0 spiro atoms. The number of carboxylic acid groups (broad SMARTS) is 1. The Hall–Kier alpha value is -3.28. The van der Waals surface area contributed by atoms with Crippen molar-refractivity contribution in [2.45, 2.75) is 6.42 Å². The lowest BCUT2D eigenvalue weighted by molar-refractivity contribution is -0.156. The molecule has 0 fully saturated rings. The van der Waals surface area contributed by atoms with E-state index in [1.807, 2.05) is 0 Å². The molecule has 25 heavy (non-hydrogen) atoms. The third-order valence-corrected chi connectivity index (χ3v) is 4.21. The number of carboxylic acids is 1. The van der Waals surface area contributed by atoms with Gasteiger partial charge in [0, 0.05) is 22.3 Å². The fraction of sp³-hybridized carbons (Fsp3) is 0.158. The second kappa shape index (κ2) is 6.32. The molecule has 0 radical (unpaired) electrons. The van der Waals surface area contributed by atoms with Gasteiger partial charge >= 0.3 is 11.9 Å². The Bertz CT molecular complexity index is 912. The van der Waals surface area contributed by atoms with Crippen LogP contribution in [-0.2, 0) is 20.7 Å². The van der Waals surface area contributed by atoms with Crippen LogP contribution in [0.25, 0.3) is 0 Å². The third-order valence-electron chi connectivity index (χ3n) is 4.21. The highest BCUT2D eigenvalue weighted by Gasteiger charge is 2.31. The summed E-state index contributed by atoms with van der Waals surface area (Å²) in [6.45, 7) is 0. The number of benzene rings is 2. The van der Waals surface area contributed by atoms with Crippen molar-refractivity contribution in [1.29, 1.82) is 0 Å². The summed E-state index contributed by atoms with van der Waals surface area (Å²) >= 11 is 0. The number of carbonyl (C=O) groups excluding carboxylic acids is 3. The maximum Gasteiger partial charge on any atom is 0.320 e. The molecule has 0 bridgehead atoms. The minimum absolute atomic E-state index is 0.127. The van der Waals surface area contributed by atoms with Gasteiger partial charge in [0.05, 0.1) is 7.11 Å². The highest BCUT2D eigenvalue weighted by Crippen LogP contribution is 2.28. The lowest BCUT2D eigenvalue weighted by Crippen LogP contribution is -2.27. The van der Waals surface area contributed by atoms with E-state index < -0.39 is 17.9 Å². The van der Waals surface area contributed by atoms with Crippen molar-refractivity contribution in [2.24, 2.45) is 5.92 Å². The third kappa shape index (κ3) is 2.82. The maximum absolute atomic E-state index is 12.7. The Morgan fingerprint density at radius 1 is 0.960 bits per heavy atom. The molecule has 0 amide bonds. The van der Waals surface area contributed by atoms with Crippen molar-refractivity contribution >= 4 is 23.5 Å². The summed E-state index contributed by atoms with van der Waals surface area (Å²) in [5.41, 5.74) is 1.63. The molecule has 0 saturated heterocycles. The SMILES string of the molecule is COC(=O)C(Cc1ccc2c(c1)C(=O)c1ccccc1C2=O)C(=O)O. The van der Waals surface area contributed by atoms with E-state index in [1.165, 1.54) is 12.1 Å². The molecule has 3 rings (SSSR count). The van der Waals surface area contributed by atoms with Gasteiger partial charge in [0.15, 0.2) is 17.5 Å². The molecule has 1 unspecified atom stereocenters. The zero-order valence-corrected chi connectivity index (χ0v) is 13.3. The second-order valence-corrected chi connectivity index (χ2v) is 5.70. The summed E-state index contributed by atoms with van der Waals surface area (Å²) in [5.74, 6) is -4.09. The van der Waals surface area contributed by atoms with Crippen molar-refractivity contribution in [1.82, 2.24) is 0 Å². The molecule has 1 N–H and O–H groups in total. The molecule has 2 aromatic rings. The largest absolute Gasteiger partial charge is 0.481 e. The number of ketones is 2. The molecule has 1 aliphatic rings. The van der Waals surface area contributed by atoms with E-state index in [2.05, 4.69) is 4.74 Å². The summed E-state index contributed by atoms with van der Waals surface area (Å²) in [6, 6.07) is 11.1. The molecule has 6 nitrogen and oxygen atoms in total. The van der Waals surface area contributed by atoms with Crippen LogP contribution in [0.1, 0.15) is 37.4 Å². The van der Waals surface area contributed by atoms with Crippen molar-refractivity contribution in [3.63, 3.8) is 0 Å². The number of hydrogen-bond acceptors (Lipinski definition) is 5. The van der Waals surface area contributed by atoms with E-state index >= 15 is 0 Å². The molecule has 0 saturated carbocycles. The lowest BCUT2D eigenvalue weighted by atomic mass is 9.82. The molecular weight excluding hydrogens is 324 g/mol. The first-order chi connectivity index (χ1) is 11.9. The van der Waals surface area contributed by atoms with Crippen LogP contribution < -0.4 is 0 Å². The average molecular weight is 338 g/mol. The molecule has 0 aliphatic heterocycles. The Morgan fingerprint density at radius 3 is 2.08 bits per heavy atom. The molecule has 126 valence electrons. The van der Waals surface area contributed by atoms with Gasteiger partial charge in [-0.05, 0) is 18.1 Å². The van der Waals surface area contributed by atoms with E-state index in [0.717, 1.165) is 7.11 Å². The van der Waals surface area contributed by atoms with E-state index in [9.17, 15) is 24.3 Å². The summed E-state index contributed by atoms with van der Waals surface area (Å²) in [7, 11) is 1.12. The van der Waals surface area contributed by atoms with E-state index in [1.54, 1.807) is 30.3 Å². The normalized spacial score (nSPS) is 13.6. The fourth-order valence-corrected chi connectivity index (χ4v) is 2.92. The number of esters is 1.